The number of aromatic nitrogens is 4. The maximum Gasteiger partial charge on any atom is 0.220 e. The van der Waals surface area contributed by atoms with E-state index < -0.39 is 0 Å². The standard InChI is InChI=1S/C16H17N5O/c22-16(7-6-13-4-3-9-17-12-13)18-10-8-15-20-19-14-5-1-2-11-21(14)15/h1-5,9,11-12H,6-8,10H2,(H,18,22). The number of pyridine rings is 2. The number of hydrogen-bond acceptors (Lipinski definition) is 4. The van der Waals surface area contributed by atoms with Gasteiger partial charge in [0.1, 0.15) is 5.82 Å². The number of carbonyl (C=O) groups excluding carboxylic acids is 1. The summed E-state index contributed by atoms with van der Waals surface area (Å²) in [4.78, 5) is 15.9. The predicted molar refractivity (Wildman–Crippen MR) is 82.3 cm³/mol. The molecule has 0 unspecified atom stereocenters. The van der Waals surface area contributed by atoms with Gasteiger partial charge < -0.3 is 5.32 Å². The summed E-state index contributed by atoms with van der Waals surface area (Å²) in [5, 5.41) is 11.1. The van der Waals surface area contributed by atoms with Crippen molar-refractivity contribution in [3.05, 3.63) is 60.3 Å². The first-order valence-corrected chi connectivity index (χ1v) is 7.27. The van der Waals surface area contributed by atoms with Gasteiger partial charge >= 0.3 is 0 Å². The van der Waals surface area contributed by atoms with Crippen LogP contribution in [0.3, 0.4) is 0 Å². The fourth-order valence-corrected chi connectivity index (χ4v) is 2.27. The van der Waals surface area contributed by atoms with Crippen molar-refractivity contribution in [1.82, 2.24) is 24.9 Å². The highest BCUT2D eigenvalue weighted by atomic mass is 16.1. The van der Waals surface area contributed by atoms with E-state index >= 15 is 0 Å². The van der Waals surface area contributed by atoms with Crippen LogP contribution < -0.4 is 5.32 Å². The molecular weight excluding hydrogens is 278 g/mol. The zero-order valence-corrected chi connectivity index (χ0v) is 12.1. The second-order valence-electron chi connectivity index (χ2n) is 5.01. The second-order valence-corrected chi connectivity index (χ2v) is 5.01. The molecule has 0 aromatic carbocycles. The molecule has 6 nitrogen and oxygen atoms in total. The molecule has 0 radical (unpaired) electrons. The first-order valence-electron chi connectivity index (χ1n) is 7.27. The third kappa shape index (κ3) is 3.46. The van der Waals surface area contributed by atoms with Crippen LogP contribution in [0.1, 0.15) is 17.8 Å². The van der Waals surface area contributed by atoms with Gasteiger partial charge in [0.05, 0.1) is 0 Å². The largest absolute Gasteiger partial charge is 0.356 e. The van der Waals surface area contributed by atoms with Gasteiger partial charge in [-0.1, -0.05) is 12.1 Å². The highest BCUT2D eigenvalue weighted by Gasteiger charge is 2.06. The summed E-state index contributed by atoms with van der Waals surface area (Å²) in [7, 11) is 0. The van der Waals surface area contributed by atoms with Crippen molar-refractivity contribution >= 4 is 11.6 Å². The van der Waals surface area contributed by atoms with Crippen molar-refractivity contribution in [2.45, 2.75) is 19.3 Å². The summed E-state index contributed by atoms with van der Waals surface area (Å²) < 4.78 is 1.93. The van der Waals surface area contributed by atoms with Crippen LogP contribution in [0.25, 0.3) is 5.65 Å². The molecule has 3 aromatic rings. The van der Waals surface area contributed by atoms with E-state index in [4.69, 9.17) is 0 Å². The van der Waals surface area contributed by atoms with Crippen LogP contribution in [0.2, 0.25) is 0 Å². The summed E-state index contributed by atoms with van der Waals surface area (Å²) in [6.07, 6.45) is 7.26. The van der Waals surface area contributed by atoms with Gasteiger partial charge in [-0.2, -0.15) is 0 Å². The van der Waals surface area contributed by atoms with E-state index in [0.717, 1.165) is 17.0 Å². The Morgan fingerprint density at radius 2 is 2.09 bits per heavy atom. The van der Waals surface area contributed by atoms with Crippen LogP contribution in [0.5, 0.6) is 0 Å². The van der Waals surface area contributed by atoms with E-state index in [1.807, 2.05) is 40.9 Å². The van der Waals surface area contributed by atoms with Crippen molar-refractivity contribution in [1.29, 1.82) is 0 Å². The Balaban J connectivity index is 1.45. The lowest BCUT2D eigenvalue weighted by Gasteiger charge is -2.04. The fourth-order valence-electron chi connectivity index (χ4n) is 2.27. The molecule has 0 aliphatic heterocycles. The minimum Gasteiger partial charge on any atom is -0.356 e. The lowest BCUT2D eigenvalue weighted by atomic mass is 10.1. The van der Waals surface area contributed by atoms with Gasteiger partial charge in [0.25, 0.3) is 0 Å². The average molecular weight is 295 g/mol. The smallest absolute Gasteiger partial charge is 0.220 e. The van der Waals surface area contributed by atoms with Gasteiger partial charge in [-0.05, 0) is 30.2 Å². The van der Waals surface area contributed by atoms with Crippen LogP contribution in [-0.2, 0) is 17.6 Å². The van der Waals surface area contributed by atoms with Crippen molar-refractivity contribution < 1.29 is 4.79 Å². The average Bonchev–Trinajstić information content (AvgIpc) is 2.97. The van der Waals surface area contributed by atoms with Crippen molar-refractivity contribution in [3.8, 4) is 0 Å². The molecule has 1 N–H and O–H groups in total. The SMILES string of the molecule is O=C(CCc1cccnc1)NCCc1nnc2ccccn12. The number of nitrogens with one attached hydrogen (secondary N) is 1. The van der Waals surface area contributed by atoms with Gasteiger partial charge in [-0.15, -0.1) is 10.2 Å². The molecule has 3 rings (SSSR count). The van der Waals surface area contributed by atoms with Crippen molar-refractivity contribution in [2.75, 3.05) is 6.54 Å². The van der Waals surface area contributed by atoms with Crippen LogP contribution in [0.4, 0.5) is 0 Å². The highest BCUT2D eigenvalue weighted by molar-refractivity contribution is 5.76. The number of aryl methyl sites for hydroxylation is 1. The molecule has 0 bridgehead atoms. The topological polar surface area (TPSA) is 72.2 Å². The Morgan fingerprint density at radius 3 is 2.95 bits per heavy atom. The van der Waals surface area contributed by atoms with Crippen molar-refractivity contribution in [2.24, 2.45) is 0 Å². The highest BCUT2D eigenvalue weighted by Crippen LogP contribution is 2.03. The monoisotopic (exact) mass is 295 g/mol. The van der Waals surface area contributed by atoms with E-state index in [0.29, 0.717) is 25.8 Å². The van der Waals surface area contributed by atoms with E-state index in [9.17, 15) is 4.79 Å². The normalized spacial score (nSPS) is 10.7. The molecule has 112 valence electrons. The first-order chi connectivity index (χ1) is 10.8. The van der Waals surface area contributed by atoms with Crippen LogP contribution in [0.15, 0.2) is 48.9 Å². The number of rotatable bonds is 6. The van der Waals surface area contributed by atoms with Crippen LogP contribution in [0, 0.1) is 0 Å². The Morgan fingerprint density at radius 1 is 1.14 bits per heavy atom. The number of amides is 1. The molecule has 3 heterocycles. The van der Waals surface area contributed by atoms with E-state index in [-0.39, 0.29) is 5.91 Å². The Hall–Kier alpha value is -2.76. The Bertz CT molecular complexity index is 753. The Labute approximate surface area is 128 Å². The fraction of sp³-hybridized carbons (Fsp3) is 0.250. The van der Waals surface area contributed by atoms with Gasteiger partial charge in [0, 0.05) is 38.0 Å². The van der Waals surface area contributed by atoms with Crippen LogP contribution >= 0.6 is 0 Å². The molecule has 22 heavy (non-hydrogen) atoms. The third-order valence-electron chi connectivity index (χ3n) is 3.42. The molecule has 0 aliphatic carbocycles. The maximum absolute atomic E-state index is 11.8. The molecule has 1 amide bonds. The predicted octanol–water partition coefficient (Wildman–Crippen LogP) is 1.42. The number of hydrogen-bond donors (Lipinski definition) is 1. The van der Waals surface area contributed by atoms with E-state index in [1.54, 1.807) is 12.4 Å². The molecule has 0 fully saturated rings. The molecule has 0 atom stereocenters. The quantitative estimate of drug-likeness (QED) is 0.746. The number of nitrogens with zero attached hydrogens (tertiary/aromatic N) is 4. The van der Waals surface area contributed by atoms with Crippen LogP contribution in [-0.4, -0.2) is 32.0 Å². The summed E-state index contributed by atoms with van der Waals surface area (Å²) in [6, 6.07) is 9.62. The molecule has 0 spiro atoms. The van der Waals surface area contributed by atoms with E-state index in [1.165, 1.54) is 0 Å². The second kappa shape index (κ2) is 6.80. The third-order valence-corrected chi connectivity index (χ3v) is 3.42. The van der Waals surface area contributed by atoms with Crippen molar-refractivity contribution in [3.63, 3.8) is 0 Å². The summed E-state index contributed by atoms with van der Waals surface area (Å²) in [5.74, 6) is 0.890. The van der Waals surface area contributed by atoms with E-state index in [2.05, 4.69) is 20.5 Å². The molecular formula is C16H17N5O. The minimum absolute atomic E-state index is 0.0395. The zero-order chi connectivity index (χ0) is 15.2. The molecule has 6 heteroatoms. The zero-order valence-electron chi connectivity index (χ0n) is 12.1. The molecule has 0 aliphatic rings. The summed E-state index contributed by atoms with van der Waals surface area (Å²) in [6.45, 7) is 0.557. The van der Waals surface area contributed by atoms with Gasteiger partial charge in [0.2, 0.25) is 5.91 Å². The number of fused-ring (bicyclic) bond motifs is 1. The molecule has 0 saturated heterocycles. The lowest BCUT2D eigenvalue weighted by Crippen LogP contribution is -2.26. The minimum atomic E-state index is 0.0395. The molecule has 3 aromatic heterocycles. The Kier molecular flexibility index (Phi) is 4.38. The summed E-state index contributed by atoms with van der Waals surface area (Å²) >= 11 is 0. The summed E-state index contributed by atoms with van der Waals surface area (Å²) in [5.41, 5.74) is 1.89. The molecule has 0 saturated carbocycles. The van der Waals surface area contributed by atoms with Gasteiger partial charge in [0.15, 0.2) is 5.65 Å². The maximum atomic E-state index is 11.8. The number of carbonyl (C=O) groups is 1. The first kappa shape index (κ1) is 14.2. The van der Waals surface area contributed by atoms with Gasteiger partial charge in [-0.3, -0.25) is 14.2 Å². The van der Waals surface area contributed by atoms with Gasteiger partial charge in [-0.25, -0.2) is 0 Å². The lowest BCUT2D eigenvalue weighted by molar-refractivity contribution is -0.121.